The Morgan fingerprint density at radius 2 is 1.58 bits per heavy atom. The molecule has 0 bridgehead atoms. The summed E-state index contributed by atoms with van der Waals surface area (Å²) in [7, 11) is 3.03. The van der Waals surface area contributed by atoms with E-state index in [9.17, 15) is 14.7 Å². The smallest absolute Gasteiger partial charge is 0.429 e. The number of benzene rings is 1. The molecule has 1 atom stereocenters. The van der Waals surface area contributed by atoms with Crippen LogP contribution in [0, 0.1) is 0 Å². The lowest BCUT2D eigenvalue weighted by Gasteiger charge is -2.34. The molecule has 0 aliphatic carbocycles. The molecule has 1 unspecified atom stereocenters. The molecule has 0 aromatic heterocycles. The van der Waals surface area contributed by atoms with E-state index in [1.807, 2.05) is 0 Å². The minimum atomic E-state index is -0.798. The fraction of sp³-hybridized carbons (Fsp3) is 0.636. The lowest BCUT2D eigenvalue weighted by Crippen LogP contribution is -2.51. The summed E-state index contributed by atoms with van der Waals surface area (Å²) in [6.07, 6.45) is -0.820. The Hall–Kier alpha value is -2.68. The highest BCUT2D eigenvalue weighted by Gasteiger charge is 2.32. The molecule has 0 spiro atoms. The van der Waals surface area contributed by atoms with Crippen molar-refractivity contribution < 1.29 is 33.6 Å². The van der Waals surface area contributed by atoms with Crippen molar-refractivity contribution in [2.24, 2.45) is 0 Å². The van der Waals surface area contributed by atoms with E-state index in [-0.39, 0.29) is 6.61 Å². The lowest BCUT2D eigenvalue weighted by atomic mass is 10.0. The quantitative estimate of drug-likeness (QED) is 0.612. The fourth-order valence-electron chi connectivity index (χ4n) is 2.75. The van der Waals surface area contributed by atoms with Crippen LogP contribution >= 0.6 is 0 Å². The maximum Gasteiger partial charge on any atom is 0.429 e. The standard InChI is InChI=1S/C22H36N2O7/c1-21(2,3)30-19(26)23-24(20(27)31-22(4,5)6)16(10-9-13-25)15-11-12-17(28-7)18(14-15)29-8/h11-12,14,16,25H,9-10,13H2,1-8H3,(H,23,26). The lowest BCUT2D eigenvalue weighted by molar-refractivity contribution is -0.0116. The second kappa shape index (κ2) is 11.1. The summed E-state index contributed by atoms with van der Waals surface area (Å²) in [6, 6.07) is 4.53. The third-order valence-corrected chi connectivity index (χ3v) is 3.94. The Balaban J connectivity index is 3.39. The molecule has 0 fully saturated rings. The van der Waals surface area contributed by atoms with Crippen molar-refractivity contribution in [1.82, 2.24) is 10.4 Å². The van der Waals surface area contributed by atoms with E-state index in [0.29, 0.717) is 29.9 Å². The summed E-state index contributed by atoms with van der Waals surface area (Å²) in [5.74, 6) is 0.992. The average Bonchev–Trinajstić information content (AvgIpc) is 2.64. The van der Waals surface area contributed by atoms with Gasteiger partial charge in [0.2, 0.25) is 0 Å². The molecule has 31 heavy (non-hydrogen) atoms. The van der Waals surface area contributed by atoms with Crippen molar-refractivity contribution in [3.05, 3.63) is 23.8 Å². The zero-order valence-corrected chi connectivity index (χ0v) is 19.8. The number of aliphatic hydroxyl groups is 1. The summed E-state index contributed by atoms with van der Waals surface area (Å²) in [4.78, 5) is 25.5. The molecule has 176 valence electrons. The first-order valence-corrected chi connectivity index (χ1v) is 10.2. The first-order valence-electron chi connectivity index (χ1n) is 10.2. The number of nitrogens with one attached hydrogen (secondary N) is 1. The van der Waals surface area contributed by atoms with Gasteiger partial charge in [0, 0.05) is 6.61 Å². The van der Waals surface area contributed by atoms with Gasteiger partial charge < -0.3 is 24.1 Å². The normalized spacial score (nSPS) is 12.5. The molecule has 0 heterocycles. The second-order valence-electron chi connectivity index (χ2n) is 8.96. The number of rotatable bonds is 7. The molecule has 0 saturated carbocycles. The van der Waals surface area contributed by atoms with Gasteiger partial charge in [0.05, 0.1) is 20.3 Å². The van der Waals surface area contributed by atoms with Crippen LogP contribution in [0.5, 0.6) is 11.5 Å². The Bertz CT molecular complexity index is 738. The van der Waals surface area contributed by atoms with E-state index < -0.39 is 29.4 Å². The van der Waals surface area contributed by atoms with Gasteiger partial charge in [-0.05, 0) is 72.1 Å². The molecule has 9 heteroatoms. The van der Waals surface area contributed by atoms with Gasteiger partial charge in [-0.25, -0.2) is 20.0 Å². The highest BCUT2D eigenvalue weighted by Crippen LogP contribution is 2.34. The number of methoxy groups -OCH3 is 2. The van der Waals surface area contributed by atoms with Crippen molar-refractivity contribution in [3.8, 4) is 11.5 Å². The molecule has 0 saturated heterocycles. The van der Waals surface area contributed by atoms with Crippen molar-refractivity contribution >= 4 is 12.2 Å². The Kier molecular flexibility index (Phi) is 9.42. The zero-order chi connectivity index (χ0) is 23.8. The molecule has 9 nitrogen and oxygen atoms in total. The number of carbonyl (C=O) groups is 2. The predicted molar refractivity (Wildman–Crippen MR) is 116 cm³/mol. The fourth-order valence-corrected chi connectivity index (χ4v) is 2.75. The summed E-state index contributed by atoms with van der Waals surface area (Å²) in [5.41, 5.74) is 1.63. The molecule has 0 radical (unpaired) electrons. The Morgan fingerprint density at radius 3 is 2.06 bits per heavy atom. The van der Waals surface area contributed by atoms with E-state index >= 15 is 0 Å². The first-order chi connectivity index (χ1) is 14.3. The molecule has 1 aromatic rings. The van der Waals surface area contributed by atoms with Crippen LogP contribution in [-0.2, 0) is 9.47 Å². The molecule has 0 aliphatic heterocycles. The van der Waals surface area contributed by atoms with Gasteiger partial charge in [-0.15, -0.1) is 0 Å². The Labute approximate surface area is 184 Å². The van der Waals surface area contributed by atoms with Crippen LogP contribution < -0.4 is 14.9 Å². The number of amides is 2. The van der Waals surface area contributed by atoms with Crippen molar-refractivity contribution in [2.75, 3.05) is 20.8 Å². The van der Waals surface area contributed by atoms with Crippen molar-refractivity contribution in [1.29, 1.82) is 0 Å². The van der Waals surface area contributed by atoms with E-state index in [4.69, 9.17) is 18.9 Å². The first kappa shape index (κ1) is 26.4. The van der Waals surface area contributed by atoms with Crippen LogP contribution in [0.4, 0.5) is 9.59 Å². The molecule has 2 amide bonds. The molecular formula is C22H36N2O7. The molecule has 2 N–H and O–H groups in total. The van der Waals surface area contributed by atoms with Crippen LogP contribution in [0.15, 0.2) is 18.2 Å². The number of nitrogens with zero attached hydrogens (tertiary/aromatic N) is 1. The van der Waals surface area contributed by atoms with E-state index in [1.54, 1.807) is 59.7 Å². The Morgan fingerprint density at radius 1 is 1.00 bits per heavy atom. The summed E-state index contributed by atoms with van der Waals surface area (Å²) in [6.45, 7) is 10.3. The average molecular weight is 441 g/mol. The van der Waals surface area contributed by atoms with Crippen LogP contribution in [0.1, 0.15) is 66.0 Å². The SMILES string of the molecule is COc1ccc(C(CCCO)N(NC(=O)OC(C)(C)C)C(=O)OC(C)(C)C)cc1OC. The number of hydrogen-bond donors (Lipinski definition) is 2. The zero-order valence-electron chi connectivity index (χ0n) is 19.8. The van der Waals surface area contributed by atoms with Gasteiger partial charge in [0.15, 0.2) is 11.5 Å². The molecule has 1 rings (SSSR count). The van der Waals surface area contributed by atoms with Gasteiger partial charge in [0.25, 0.3) is 0 Å². The summed E-state index contributed by atoms with van der Waals surface area (Å²) in [5, 5.41) is 10.5. The molecular weight excluding hydrogens is 404 g/mol. The summed E-state index contributed by atoms with van der Waals surface area (Å²) >= 11 is 0. The van der Waals surface area contributed by atoms with Gasteiger partial charge in [-0.1, -0.05) is 6.07 Å². The second-order valence-corrected chi connectivity index (χ2v) is 8.96. The minimum absolute atomic E-state index is 0.0849. The largest absolute Gasteiger partial charge is 0.493 e. The highest BCUT2D eigenvalue weighted by atomic mass is 16.6. The minimum Gasteiger partial charge on any atom is -0.493 e. The number of ether oxygens (including phenoxy) is 4. The maximum absolute atomic E-state index is 13.0. The maximum atomic E-state index is 13.0. The van der Waals surface area contributed by atoms with Crippen LogP contribution in [0.3, 0.4) is 0 Å². The van der Waals surface area contributed by atoms with Crippen LogP contribution in [0.2, 0.25) is 0 Å². The van der Waals surface area contributed by atoms with E-state index in [1.165, 1.54) is 14.2 Å². The van der Waals surface area contributed by atoms with E-state index in [2.05, 4.69) is 5.43 Å². The number of hydrazine groups is 1. The number of hydrogen-bond acceptors (Lipinski definition) is 7. The molecule has 0 aliphatic rings. The van der Waals surface area contributed by atoms with Gasteiger partial charge in [-0.3, -0.25) is 0 Å². The predicted octanol–water partition coefficient (Wildman–Crippen LogP) is 4.19. The molecule has 1 aromatic carbocycles. The third kappa shape index (κ3) is 8.92. The van der Waals surface area contributed by atoms with Crippen molar-refractivity contribution in [3.63, 3.8) is 0 Å². The monoisotopic (exact) mass is 440 g/mol. The van der Waals surface area contributed by atoms with Gasteiger partial charge in [0.1, 0.15) is 11.2 Å². The number of carbonyl (C=O) groups excluding carboxylic acids is 2. The topological polar surface area (TPSA) is 107 Å². The van der Waals surface area contributed by atoms with E-state index in [0.717, 1.165) is 5.01 Å². The van der Waals surface area contributed by atoms with Crippen LogP contribution in [0.25, 0.3) is 0 Å². The third-order valence-electron chi connectivity index (χ3n) is 3.94. The van der Waals surface area contributed by atoms with Crippen molar-refractivity contribution in [2.45, 2.75) is 71.6 Å². The van der Waals surface area contributed by atoms with Gasteiger partial charge in [-0.2, -0.15) is 0 Å². The van der Waals surface area contributed by atoms with Crippen LogP contribution in [-0.4, -0.2) is 54.3 Å². The highest BCUT2D eigenvalue weighted by molar-refractivity contribution is 5.75. The summed E-state index contributed by atoms with van der Waals surface area (Å²) < 4.78 is 21.5. The number of aliphatic hydroxyl groups excluding tert-OH is 1. The van der Waals surface area contributed by atoms with Gasteiger partial charge >= 0.3 is 12.2 Å².